The zero-order chi connectivity index (χ0) is 21.3. The summed E-state index contributed by atoms with van der Waals surface area (Å²) in [5.41, 5.74) is 1.11. The molecule has 0 bridgehead atoms. The van der Waals surface area contributed by atoms with Gasteiger partial charge in [-0.3, -0.25) is 9.71 Å². The van der Waals surface area contributed by atoms with E-state index in [9.17, 15) is 13.2 Å². The van der Waals surface area contributed by atoms with Gasteiger partial charge in [0.25, 0.3) is 15.9 Å². The number of halogens is 1. The summed E-state index contributed by atoms with van der Waals surface area (Å²) in [6.45, 7) is 1.26. The van der Waals surface area contributed by atoms with Gasteiger partial charge in [-0.2, -0.15) is 4.98 Å². The van der Waals surface area contributed by atoms with Crippen LogP contribution in [0.1, 0.15) is 18.4 Å². The van der Waals surface area contributed by atoms with Gasteiger partial charge >= 0.3 is 5.97 Å². The first kappa shape index (κ1) is 20.0. The highest BCUT2D eigenvalue weighted by molar-refractivity contribution is 7.90. The van der Waals surface area contributed by atoms with E-state index in [1.165, 1.54) is 13.0 Å². The number of amidine groups is 1. The average molecular weight is 447 g/mol. The lowest BCUT2D eigenvalue weighted by molar-refractivity contribution is -0.146. The van der Waals surface area contributed by atoms with Crippen LogP contribution in [-0.2, 0) is 26.2 Å². The molecule has 1 aliphatic heterocycles. The second-order valence-electron chi connectivity index (χ2n) is 6.38. The van der Waals surface area contributed by atoms with Crippen molar-refractivity contribution in [2.45, 2.75) is 24.5 Å². The van der Waals surface area contributed by atoms with Gasteiger partial charge in [-0.25, -0.2) is 13.2 Å². The summed E-state index contributed by atoms with van der Waals surface area (Å²) in [7, 11) is -3.68. The zero-order valence-electron chi connectivity index (χ0n) is 15.6. The molecule has 0 fully saturated rings. The molecule has 0 unspecified atom stereocenters. The summed E-state index contributed by atoms with van der Waals surface area (Å²) >= 11 is 5.85. The number of carbonyl (C=O) groups excluding carboxylic acids is 1. The summed E-state index contributed by atoms with van der Waals surface area (Å²) in [5.74, 6) is -0.127. The second kappa shape index (κ2) is 7.88. The maximum atomic E-state index is 12.3. The van der Waals surface area contributed by atoms with Crippen molar-refractivity contribution in [3.63, 3.8) is 0 Å². The third kappa shape index (κ3) is 4.05. The van der Waals surface area contributed by atoms with E-state index in [1.54, 1.807) is 42.5 Å². The number of aliphatic imine (C=N–C) groups is 1. The van der Waals surface area contributed by atoms with E-state index in [-0.39, 0.29) is 23.2 Å². The van der Waals surface area contributed by atoms with Crippen molar-refractivity contribution in [2.24, 2.45) is 4.99 Å². The van der Waals surface area contributed by atoms with Crippen molar-refractivity contribution >= 4 is 33.4 Å². The Morgan fingerprint density at radius 1 is 1.23 bits per heavy atom. The summed E-state index contributed by atoms with van der Waals surface area (Å²) < 4.78 is 36.8. The summed E-state index contributed by atoms with van der Waals surface area (Å²) in [4.78, 5) is 20.7. The number of ether oxygens (including phenoxy) is 1. The van der Waals surface area contributed by atoms with Gasteiger partial charge in [-0.15, -0.1) is 0 Å². The third-order valence-corrected chi connectivity index (χ3v) is 5.88. The fourth-order valence-electron chi connectivity index (χ4n) is 2.76. The molecule has 1 atom stereocenters. The molecule has 2 heterocycles. The number of hydrogen-bond donors (Lipinski definition) is 1. The Labute approximate surface area is 176 Å². The minimum Gasteiger partial charge on any atom is -0.454 e. The van der Waals surface area contributed by atoms with E-state index >= 15 is 0 Å². The molecule has 4 rings (SSSR count). The molecular weight excluding hydrogens is 432 g/mol. The molecular formula is C19H15ClN4O5S. The number of nitrogens with zero attached hydrogens (tertiary/aromatic N) is 3. The predicted octanol–water partition coefficient (Wildman–Crippen LogP) is 2.56. The van der Waals surface area contributed by atoms with Crippen LogP contribution in [0.2, 0.25) is 5.02 Å². The zero-order valence-corrected chi connectivity index (χ0v) is 17.1. The molecule has 1 N–H and O–H groups in total. The van der Waals surface area contributed by atoms with Crippen LogP contribution in [0.4, 0.5) is 0 Å². The minimum absolute atomic E-state index is 0.0952. The highest BCUT2D eigenvalue weighted by Crippen LogP contribution is 2.23. The van der Waals surface area contributed by atoms with Crippen LogP contribution in [0.15, 0.2) is 62.9 Å². The highest BCUT2D eigenvalue weighted by atomic mass is 35.5. The van der Waals surface area contributed by atoms with Gasteiger partial charge in [0, 0.05) is 16.1 Å². The number of nitrogens with one attached hydrogen (secondary N) is 1. The van der Waals surface area contributed by atoms with Gasteiger partial charge in [0.15, 0.2) is 6.61 Å². The SMILES string of the molecule is C[C@H](N=C1NS(=O)(=O)c2ccccc21)C(=O)OCc1nc(-c2ccc(Cl)cc2)no1. The van der Waals surface area contributed by atoms with Crippen molar-refractivity contribution in [3.8, 4) is 11.4 Å². The number of aromatic nitrogens is 2. The van der Waals surface area contributed by atoms with Crippen molar-refractivity contribution < 1.29 is 22.5 Å². The van der Waals surface area contributed by atoms with Crippen molar-refractivity contribution in [3.05, 3.63) is 65.0 Å². The lowest BCUT2D eigenvalue weighted by Gasteiger charge is -2.07. The number of benzene rings is 2. The maximum Gasteiger partial charge on any atom is 0.331 e. The van der Waals surface area contributed by atoms with Gasteiger partial charge in [0.05, 0.1) is 4.90 Å². The molecule has 3 aromatic rings. The van der Waals surface area contributed by atoms with E-state index in [4.69, 9.17) is 20.9 Å². The van der Waals surface area contributed by atoms with E-state index in [0.717, 1.165) is 0 Å². The summed E-state index contributed by atoms with van der Waals surface area (Å²) in [6, 6.07) is 12.3. The van der Waals surface area contributed by atoms with Crippen LogP contribution >= 0.6 is 11.6 Å². The molecule has 9 nitrogen and oxygen atoms in total. The molecule has 154 valence electrons. The Balaban J connectivity index is 1.42. The first-order chi connectivity index (χ1) is 14.3. The van der Waals surface area contributed by atoms with E-state index in [2.05, 4.69) is 19.9 Å². The Morgan fingerprint density at radius 3 is 2.73 bits per heavy atom. The number of rotatable bonds is 5. The number of carbonyl (C=O) groups is 1. The van der Waals surface area contributed by atoms with Crippen molar-refractivity contribution in [2.75, 3.05) is 0 Å². The second-order valence-corrected chi connectivity index (χ2v) is 8.47. The van der Waals surface area contributed by atoms with E-state index < -0.39 is 22.0 Å². The monoisotopic (exact) mass is 446 g/mol. The molecule has 1 aromatic heterocycles. The molecule has 0 aliphatic carbocycles. The Hall–Kier alpha value is -3.24. The first-order valence-electron chi connectivity index (χ1n) is 8.79. The third-order valence-electron chi connectivity index (χ3n) is 4.24. The number of sulfonamides is 1. The quantitative estimate of drug-likeness (QED) is 0.597. The number of esters is 1. The largest absolute Gasteiger partial charge is 0.454 e. The summed E-state index contributed by atoms with van der Waals surface area (Å²) in [6.07, 6.45) is 0. The number of fused-ring (bicyclic) bond motifs is 1. The van der Waals surface area contributed by atoms with Crippen LogP contribution in [0.5, 0.6) is 0 Å². The molecule has 30 heavy (non-hydrogen) atoms. The Bertz CT molecular complexity index is 1240. The lowest BCUT2D eigenvalue weighted by atomic mass is 10.2. The van der Waals surface area contributed by atoms with Crippen LogP contribution < -0.4 is 4.72 Å². The first-order valence-corrected chi connectivity index (χ1v) is 10.6. The lowest BCUT2D eigenvalue weighted by Crippen LogP contribution is -2.26. The normalized spacial score (nSPS) is 16.7. The molecule has 11 heteroatoms. The van der Waals surface area contributed by atoms with E-state index in [1.807, 2.05) is 0 Å². The number of hydrogen-bond acceptors (Lipinski definition) is 8. The molecule has 0 saturated carbocycles. The fourth-order valence-corrected chi connectivity index (χ4v) is 4.12. The van der Waals surface area contributed by atoms with Gasteiger partial charge < -0.3 is 9.26 Å². The average Bonchev–Trinajstić information content (AvgIpc) is 3.30. The van der Waals surface area contributed by atoms with Gasteiger partial charge in [0.1, 0.15) is 11.9 Å². The molecule has 0 saturated heterocycles. The summed E-state index contributed by atoms with van der Waals surface area (Å²) in [5, 5.41) is 4.42. The van der Waals surface area contributed by atoms with Gasteiger partial charge in [0.2, 0.25) is 5.82 Å². The van der Waals surface area contributed by atoms with Crippen LogP contribution in [0.3, 0.4) is 0 Å². The van der Waals surface area contributed by atoms with Crippen molar-refractivity contribution in [1.29, 1.82) is 0 Å². The topological polar surface area (TPSA) is 124 Å². The van der Waals surface area contributed by atoms with Gasteiger partial charge in [-0.1, -0.05) is 28.9 Å². The smallest absolute Gasteiger partial charge is 0.331 e. The molecule has 0 radical (unpaired) electrons. The van der Waals surface area contributed by atoms with Crippen LogP contribution in [0, 0.1) is 0 Å². The molecule has 1 aliphatic rings. The standard InChI is InChI=1S/C19H15ClN4O5S/c1-11(21-18-14-4-2-3-5-15(14)30(26,27)24-18)19(25)28-10-16-22-17(23-29-16)12-6-8-13(20)9-7-12/h2-9,11H,10H2,1H3,(H,21,24)/t11-/m0/s1. The maximum absolute atomic E-state index is 12.3. The molecule has 2 aromatic carbocycles. The molecule has 0 spiro atoms. The predicted molar refractivity (Wildman–Crippen MR) is 107 cm³/mol. The van der Waals surface area contributed by atoms with Crippen LogP contribution in [0.25, 0.3) is 11.4 Å². The van der Waals surface area contributed by atoms with Crippen molar-refractivity contribution in [1.82, 2.24) is 14.9 Å². The van der Waals surface area contributed by atoms with E-state index in [0.29, 0.717) is 22.0 Å². The molecule has 0 amide bonds. The highest BCUT2D eigenvalue weighted by Gasteiger charge is 2.31. The van der Waals surface area contributed by atoms with Crippen LogP contribution in [-0.4, -0.2) is 36.4 Å². The van der Waals surface area contributed by atoms with Gasteiger partial charge in [-0.05, 0) is 43.3 Å². The minimum atomic E-state index is -3.68. The Morgan fingerprint density at radius 2 is 1.97 bits per heavy atom. The fraction of sp³-hybridized carbons (Fsp3) is 0.158. The Kier molecular flexibility index (Phi) is 5.27.